The number of aromatic carboxylic acids is 1. The van der Waals surface area contributed by atoms with Crippen molar-refractivity contribution in [2.24, 2.45) is 0 Å². The largest absolute Gasteiger partial charge is 0.476 e. The van der Waals surface area contributed by atoms with Crippen LogP contribution in [0, 0.1) is 0 Å². The summed E-state index contributed by atoms with van der Waals surface area (Å²) < 4.78 is 5.15. The normalized spacial score (nSPS) is 10.3. The number of pyridine rings is 1. The number of hydrogen-bond acceptors (Lipinski definition) is 4. The Morgan fingerprint density at radius 2 is 1.88 bits per heavy atom. The van der Waals surface area contributed by atoms with Gasteiger partial charge < -0.3 is 9.84 Å². The highest BCUT2D eigenvalue weighted by atomic mass is 16.5. The fourth-order valence-corrected chi connectivity index (χ4v) is 2.30. The zero-order valence-corrected chi connectivity index (χ0v) is 12.6. The molecule has 3 rings (SSSR count). The fourth-order valence-electron chi connectivity index (χ4n) is 2.30. The number of anilines is 1. The van der Waals surface area contributed by atoms with Crippen molar-refractivity contribution in [3.63, 3.8) is 0 Å². The Bertz CT molecular complexity index is 894. The molecule has 0 aliphatic rings. The van der Waals surface area contributed by atoms with E-state index >= 15 is 0 Å². The lowest BCUT2D eigenvalue weighted by Crippen LogP contribution is -2.13. The van der Waals surface area contributed by atoms with Crippen LogP contribution in [0.5, 0.6) is 0 Å². The van der Waals surface area contributed by atoms with Gasteiger partial charge in [-0.3, -0.25) is 5.32 Å². The Labute approximate surface area is 137 Å². The third-order valence-electron chi connectivity index (χ3n) is 3.43. The summed E-state index contributed by atoms with van der Waals surface area (Å²) in [6.45, 7) is 0.174. The van der Waals surface area contributed by atoms with E-state index in [4.69, 9.17) is 9.84 Å². The standard InChI is InChI=1S/C18H14N2O4/c21-17(22)16-15-7-6-14(10-13(15)8-9-19-16)20-18(23)24-11-12-4-2-1-3-5-12/h1-10H,11H2,(H,20,23)(H,21,22). The number of aromatic nitrogens is 1. The maximum Gasteiger partial charge on any atom is 0.411 e. The van der Waals surface area contributed by atoms with Crippen LogP contribution >= 0.6 is 0 Å². The van der Waals surface area contributed by atoms with Crippen molar-refractivity contribution in [1.82, 2.24) is 4.98 Å². The van der Waals surface area contributed by atoms with Crippen LogP contribution in [-0.4, -0.2) is 22.2 Å². The lowest BCUT2D eigenvalue weighted by molar-refractivity contribution is 0.0693. The smallest absolute Gasteiger partial charge is 0.411 e. The SMILES string of the molecule is O=C(Nc1ccc2c(C(=O)O)nccc2c1)OCc1ccccc1. The number of rotatable bonds is 4. The Balaban J connectivity index is 1.71. The number of carboxylic acid groups (broad SMARTS) is 1. The molecule has 0 saturated carbocycles. The molecule has 0 saturated heterocycles. The van der Waals surface area contributed by atoms with Gasteiger partial charge in [-0.15, -0.1) is 0 Å². The van der Waals surface area contributed by atoms with Crippen molar-refractivity contribution in [2.45, 2.75) is 6.61 Å². The lowest BCUT2D eigenvalue weighted by atomic mass is 10.1. The molecule has 6 heteroatoms. The van der Waals surface area contributed by atoms with E-state index in [2.05, 4.69) is 10.3 Å². The first-order valence-corrected chi connectivity index (χ1v) is 7.23. The first-order chi connectivity index (χ1) is 11.6. The molecule has 0 unspecified atom stereocenters. The highest BCUT2D eigenvalue weighted by Gasteiger charge is 2.11. The predicted octanol–water partition coefficient (Wildman–Crippen LogP) is 3.68. The van der Waals surface area contributed by atoms with Gasteiger partial charge in [-0.1, -0.05) is 30.3 Å². The summed E-state index contributed by atoms with van der Waals surface area (Å²) in [4.78, 5) is 26.9. The molecular formula is C18H14N2O4. The number of nitrogens with zero attached hydrogens (tertiary/aromatic N) is 1. The van der Waals surface area contributed by atoms with Gasteiger partial charge >= 0.3 is 12.1 Å². The van der Waals surface area contributed by atoms with Gasteiger partial charge in [0.2, 0.25) is 0 Å². The quantitative estimate of drug-likeness (QED) is 0.765. The Kier molecular flexibility index (Phi) is 4.38. The molecule has 1 amide bonds. The molecule has 0 spiro atoms. The first kappa shape index (κ1) is 15.5. The van der Waals surface area contributed by atoms with Crippen molar-refractivity contribution in [1.29, 1.82) is 0 Å². The minimum Gasteiger partial charge on any atom is -0.476 e. The molecule has 0 radical (unpaired) electrons. The molecule has 24 heavy (non-hydrogen) atoms. The first-order valence-electron chi connectivity index (χ1n) is 7.23. The summed E-state index contributed by atoms with van der Waals surface area (Å²) in [5.41, 5.74) is 1.39. The number of benzene rings is 2. The van der Waals surface area contributed by atoms with Crippen molar-refractivity contribution < 1.29 is 19.4 Å². The second kappa shape index (κ2) is 6.78. The van der Waals surface area contributed by atoms with E-state index in [0.717, 1.165) is 5.56 Å². The van der Waals surface area contributed by atoms with Crippen LogP contribution in [0.15, 0.2) is 60.8 Å². The number of ether oxygens (including phenoxy) is 1. The third kappa shape index (κ3) is 3.49. The molecule has 2 N–H and O–H groups in total. The summed E-state index contributed by atoms with van der Waals surface area (Å²) in [5, 5.41) is 12.9. The van der Waals surface area contributed by atoms with Gasteiger partial charge in [0.25, 0.3) is 0 Å². The maximum absolute atomic E-state index is 11.9. The Morgan fingerprint density at radius 3 is 2.62 bits per heavy atom. The number of carbonyl (C=O) groups is 2. The summed E-state index contributed by atoms with van der Waals surface area (Å²) in [6, 6.07) is 15.9. The third-order valence-corrected chi connectivity index (χ3v) is 3.43. The molecule has 0 bridgehead atoms. The number of fused-ring (bicyclic) bond motifs is 1. The van der Waals surface area contributed by atoms with Gasteiger partial charge in [0.05, 0.1) is 0 Å². The summed E-state index contributed by atoms with van der Waals surface area (Å²) in [7, 11) is 0. The number of nitrogens with one attached hydrogen (secondary N) is 1. The highest BCUT2D eigenvalue weighted by Crippen LogP contribution is 2.21. The van der Waals surface area contributed by atoms with Gasteiger partial charge in [0, 0.05) is 17.3 Å². The zero-order valence-electron chi connectivity index (χ0n) is 12.6. The van der Waals surface area contributed by atoms with Gasteiger partial charge in [0.15, 0.2) is 5.69 Å². The van der Waals surface area contributed by atoms with E-state index in [0.29, 0.717) is 16.5 Å². The molecule has 120 valence electrons. The van der Waals surface area contributed by atoms with E-state index < -0.39 is 12.1 Å². The van der Waals surface area contributed by atoms with Crippen LogP contribution in [0.4, 0.5) is 10.5 Å². The predicted molar refractivity (Wildman–Crippen MR) is 89.0 cm³/mol. The van der Waals surface area contributed by atoms with E-state index in [1.165, 1.54) is 6.20 Å². The Hall–Kier alpha value is -3.41. The number of carboxylic acids is 1. The van der Waals surface area contributed by atoms with E-state index in [9.17, 15) is 9.59 Å². The molecule has 6 nitrogen and oxygen atoms in total. The van der Waals surface area contributed by atoms with E-state index in [1.54, 1.807) is 24.3 Å². The fraction of sp³-hybridized carbons (Fsp3) is 0.0556. The molecule has 0 aliphatic carbocycles. The van der Waals surface area contributed by atoms with Gasteiger partial charge in [-0.05, 0) is 35.2 Å². The molecule has 0 fully saturated rings. The highest BCUT2D eigenvalue weighted by molar-refractivity contribution is 6.03. The monoisotopic (exact) mass is 322 g/mol. The second-order valence-corrected chi connectivity index (χ2v) is 5.09. The van der Waals surface area contributed by atoms with Crippen LogP contribution in [0.3, 0.4) is 0 Å². The van der Waals surface area contributed by atoms with Gasteiger partial charge in [-0.25, -0.2) is 14.6 Å². The topological polar surface area (TPSA) is 88.5 Å². The van der Waals surface area contributed by atoms with Crippen LogP contribution in [-0.2, 0) is 11.3 Å². The minimum atomic E-state index is -1.09. The number of carbonyl (C=O) groups excluding carboxylic acids is 1. The van der Waals surface area contributed by atoms with Crippen LogP contribution in [0.1, 0.15) is 16.1 Å². The van der Waals surface area contributed by atoms with Crippen LogP contribution in [0.25, 0.3) is 10.8 Å². The minimum absolute atomic E-state index is 0.0225. The van der Waals surface area contributed by atoms with Crippen LogP contribution < -0.4 is 5.32 Å². The zero-order chi connectivity index (χ0) is 16.9. The average Bonchev–Trinajstić information content (AvgIpc) is 2.60. The molecular weight excluding hydrogens is 308 g/mol. The van der Waals surface area contributed by atoms with Gasteiger partial charge in [-0.2, -0.15) is 0 Å². The van der Waals surface area contributed by atoms with Crippen molar-refractivity contribution in [2.75, 3.05) is 5.32 Å². The molecule has 0 atom stereocenters. The summed E-state index contributed by atoms with van der Waals surface area (Å²) in [6.07, 6.45) is 0.842. The molecule has 0 aliphatic heterocycles. The van der Waals surface area contributed by atoms with Crippen molar-refractivity contribution >= 4 is 28.5 Å². The molecule has 2 aromatic carbocycles. The van der Waals surface area contributed by atoms with Crippen molar-refractivity contribution in [3.8, 4) is 0 Å². The number of amides is 1. The number of hydrogen-bond donors (Lipinski definition) is 2. The van der Waals surface area contributed by atoms with Crippen molar-refractivity contribution in [3.05, 3.63) is 72.1 Å². The summed E-state index contributed by atoms with van der Waals surface area (Å²) in [5.74, 6) is -1.09. The van der Waals surface area contributed by atoms with E-state index in [1.807, 2.05) is 30.3 Å². The molecule has 3 aromatic rings. The second-order valence-electron chi connectivity index (χ2n) is 5.09. The summed E-state index contributed by atoms with van der Waals surface area (Å²) >= 11 is 0. The Morgan fingerprint density at radius 1 is 1.08 bits per heavy atom. The molecule has 1 aromatic heterocycles. The van der Waals surface area contributed by atoms with Gasteiger partial charge in [0.1, 0.15) is 6.61 Å². The average molecular weight is 322 g/mol. The maximum atomic E-state index is 11.9. The molecule has 1 heterocycles. The van der Waals surface area contributed by atoms with E-state index in [-0.39, 0.29) is 12.3 Å². The lowest BCUT2D eigenvalue weighted by Gasteiger charge is -2.08. The van der Waals surface area contributed by atoms with Crippen LogP contribution in [0.2, 0.25) is 0 Å².